The van der Waals surface area contributed by atoms with E-state index in [1.165, 1.54) is 0 Å². The van der Waals surface area contributed by atoms with Crippen LogP contribution in [-0.2, 0) is 0 Å². The summed E-state index contributed by atoms with van der Waals surface area (Å²) in [5.41, 5.74) is 1.72. The SMILES string of the molecule is CCN1c2ccc(OC)cc2C(=O)C12CC2. The van der Waals surface area contributed by atoms with Gasteiger partial charge >= 0.3 is 0 Å². The zero-order chi connectivity index (χ0) is 11.3. The molecule has 0 N–H and O–H groups in total. The van der Waals surface area contributed by atoms with E-state index in [4.69, 9.17) is 4.74 Å². The zero-order valence-electron chi connectivity index (χ0n) is 9.62. The molecule has 1 fully saturated rings. The van der Waals surface area contributed by atoms with Gasteiger partial charge in [0.1, 0.15) is 11.3 Å². The van der Waals surface area contributed by atoms with Crippen LogP contribution in [0.15, 0.2) is 18.2 Å². The third kappa shape index (κ3) is 1.01. The van der Waals surface area contributed by atoms with E-state index in [1.807, 2.05) is 18.2 Å². The molecule has 0 bridgehead atoms. The fourth-order valence-corrected chi connectivity index (χ4v) is 2.75. The highest BCUT2D eigenvalue weighted by molar-refractivity contribution is 6.16. The van der Waals surface area contributed by atoms with Gasteiger partial charge in [0, 0.05) is 17.8 Å². The van der Waals surface area contributed by atoms with E-state index in [2.05, 4.69) is 11.8 Å². The van der Waals surface area contributed by atoms with Crippen molar-refractivity contribution in [2.45, 2.75) is 25.3 Å². The van der Waals surface area contributed by atoms with Crippen molar-refractivity contribution >= 4 is 11.5 Å². The molecule has 16 heavy (non-hydrogen) atoms. The number of hydrogen-bond donors (Lipinski definition) is 0. The minimum absolute atomic E-state index is 0.191. The fraction of sp³-hybridized carbons (Fsp3) is 0.462. The van der Waals surface area contributed by atoms with Crippen molar-refractivity contribution < 1.29 is 9.53 Å². The van der Waals surface area contributed by atoms with Crippen LogP contribution in [0.4, 0.5) is 5.69 Å². The van der Waals surface area contributed by atoms with Crippen LogP contribution in [0.2, 0.25) is 0 Å². The molecule has 2 aliphatic rings. The van der Waals surface area contributed by atoms with Gasteiger partial charge in [0.05, 0.1) is 7.11 Å². The Bertz CT molecular complexity index is 463. The van der Waals surface area contributed by atoms with Gasteiger partial charge in [-0.25, -0.2) is 0 Å². The number of rotatable bonds is 2. The second-order valence-electron chi connectivity index (χ2n) is 4.49. The first-order valence-electron chi connectivity index (χ1n) is 5.73. The first kappa shape index (κ1) is 9.70. The maximum atomic E-state index is 12.3. The second kappa shape index (κ2) is 3.00. The lowest BCUT2D eigenvalue weighted by atomic mass is 10.1. The molecule has 3 heteroatoms. The monoisotopic (exact) mass is 217 g/mol. The van der Waals surface area contributed by atoms with Crippen LogP contribution in [0.3, 0.4) is 0 Å². The molecule has 0 aromatic heterocycles. The number of carbonyl (C=O) groups excluding carboxylic acids is 1. The van der Waals surface area contributed by atoms with Crippen molar-refractivity contribution in [2.75, 3.05) is 18.6 Å². The number of carbonyl (C=O) groups is 1. The highest BCUT2D eigenvalue weighted by atomic mass is 16.5. The molecule has 0 amide bonds. The van der Waals surface area contributed by atoms with E-state index in [0.29, 0.717) is 0 Å². The van der Waals surface area contributed by atoms with Crippen LogP contribution in [0.25, 0.3) is 0 Å². The molecule has 0 saturated heterocycles. The van der Waals surface area contributed by atoms with Crippen LogP contribution >= 0.6 is 0 Å². The van der Waals surface area contributed by atoms with E-state index in [0.717, 1.165) is 36.4 Å². The molecule has 1 aromatic carbocycles. The van der Waals surface area contributed by atoms with Crippen molar-refractivity contribution in [2.24, 2.45) is 0 Å². The van der Waals surface area contributed by atoms with Gasteiger partial charge in [-0.1, -0.05) is 0 Å². The largest absolute Gasteiger partial charge is 0.497 e. The summed E-state index contributed by atoms with van der Waals surface area (Å²) in [5.74, 6) is 1.05. The Morgan fingerprint density at radius 1 is 1.44 bits per heavy atom. The third-order valence-electron chi connectivity index (χ3n) is 3.72. The minimum Gasteiger partial charge on any atom is -0.497 e. The van der Waals surface area contributed by atoms with E-state index in [9.17, 15) is 4.79 Å². The summed E-state index contributed by atoms with van der Waals surface area (Å²) in [4.78, 5) is 14.6. The number of fused-ring (bicyclic) bond motifs is 1. The van der Waals surface area contributed by atoms with Crippen LogP contribution < -0.4 is 9.64 Å². The Balaban J connectivity index is 2.14. The number of nitrogens with zero attached hydrogens (tertiary/aromatic N) is 1. The molecule has 1 aromatic rings. The van der Waals surface area contributed by atoms with Crippen molar-refractivity contribution in [3.8, 4) is 5.75 Å². The fourth-order valence-electron chi connectivity index (χ4n) is 2.75. The Kier molecular flexibility index (Phi) is 1.82. The third-order valence-corrected chi connectivity index (χ3v) is 3.72. The van der Waals surface area contributed by atoms with Crippen LogP contribution in [0, 0.1) is 0 Å². The summed E-state index contributed by atoms with van der Waals surface area (Å²) >= 11 is 0. The average Bonchev–Trinajstić information content (AvgIpc) is 3.06. The molecule has 0 atom stereocenters. The van der Waals surface area contributed by atoms with Crippen LogP contribution in [-0.4, -0.2) is 25.0 Å². The number of methoxy groups -OCH3 is 1. The number of likely N-dealkylation sites (N-methyl/N-ethyl adjacent to an activating group) is 1. The standard InChI is InChI=1S/C13H15NO2/c1-3-14-11-5-4-9(16-2)8-10(11)12(15)13(14)6-7-13/h4-5,8H,3,6-7H2,1-2H3. The Labute approximate surface area is 95.0 Å². The summed E-state index contributed by atoms with van der Waals surface area (Å²) in [6.07, 6.45) is 1.99. The first-order valence-corrected chi connectivity index (χ1v) is 5.73. The molecule has 0 unspecified atom stereocenters. The van der Waals surface area contributed by atoms with Gasteiger partial charge in [0.15, 0.2) is 5.78 Å². The van der Waals surface area contributed by atoms with Crippen molar-refractivity contribution in [3.05, 3.63) is 23.8 Å². The first-order chi connectivity index (χ1) is 7.73. The number of ketones is 1. The highest BCUT2D eigenvalue weighted by Gasteiger charge is 2.59. The van der Waals surface area contributed by atoms with Crippen molar-refractivity contribution in [3.63, 3.8) is 0 Å². The van der Waals surface area contributed by atoms with Gasteiger partial charge in [-0.05, 0) is 38.0 Å². The summed E-state index contributed by atoms with van der Waals surface area (Å²) in [6, 6.07) is 5.80. The lowest BCUT2D eigenvalue weighted by molar-refractivity contribution is 0.0959. The lowest BCUT2D eigenvalue weighted by Crippen LogP contribution is -2.37. The van der Waals surface area contributed by atoms with Gasteiger partial charge in [-0.2, -0.15) is 0 Å². The quantitative estimate of drug-likeness (QED) is 0.761. The predicted octanol–water partition coefficient (Wildman–Crippen LogP) is 2.25. The molecule has 1 saturated carbocycles. The second-order valence-corrected chi connectivity index (χ2v) is 4.49. The molecule has 3 nitrogen and oxygen atoms in total. The number of Topliss-reactive ketones (excluding diaryl/α,β-unsaturated/α-hetero) is 1. The number of benzene rings is 1. The summed E-state index contributed by atoms with van der Waals surface area (Å²) < 4.78 is 5.17. The molecule has 1 spiro atoms. The number of ether oxygens (including phenoxy) is 1. The van der Waals surface area contributed by atoms with Gasteiger partial charge in [-0.15, -0.1) is 0 Å². The van der Waals surface area contributed by atoms with Gasteiger partial charge < -0.3 is 9.64 Å². The smallest absolute Gasteiger partial charge is 0.190 e. The van der Waals surface area contributed by atoms with Crippen molar-refractivity contribution in [1.29, 1.82) is 0 Å². The van der Waals surface area contributed by atoms with Gasteiger partial charge in [0.25, 0.3) is 0 Å². The molecular formula is C13H15NO2. The average molecular weight is 217 g/mol. The molecule has 3 rings (SSSR count). The predicted molar refractivity (Wildman–Crippen MR) is 62.3 cm³/mol. The molecule has 84 valence electrons. The molecule has 0 radical (unpaired) electrons. The van der Waals surface area contributed by atoms with Gasteiger partial charge in [0.2, 0.25) is 0 Å². The number of hydrogen-bond acceptors (Lipinski definition) is 3. The minimum atomic E-state index is -0.191. The summed E-state index contributed by atoms with van der Waals surface area (Å²) in [5, 5.41) is 0. The Morgan fingerprint density at radius 3 is 2.75 bits per heavy atom. The molecule has 1 heterocycles. The lowest BCUT2D eigenvalue weighted by Gasteiger charge is -2.24. The normalized spacial score (nSPS) is 20.1. The van der Waals surface area contributed by atoms with E-state index < -0.39 is 0 Å². The summed E-state index contributed by atoms with van der Waals surface area (Å²) in [7, 11) is 1.63. The summed E-state index contributed by atoms with van der Waals surface area (Å²) in [6.45, 7) is 3.00. The van der Waals surface area contributed by atoms with E-state index in [-0.39, 0.29) is 11.3 Å². The molecule has 1 aliphatic carbocycles. The topological polar surface area (TPSA) is 29.5 Å². The Morgan fingerprint density at radius 2 is 2.19 bits per heavy atom. The highest BCUT2D eigenvalue weighted by Crippen LogP contribution is 2.53. The van der Waals surface area contributed by atoms with Crippen LogP contribution in [0.5, 0.6) is 5.75 Å². The maximum absolute atomic E-state index is 12.3. The van der Waals surface area contributed by atoms with E-state index in [1.54, 1.807) is 7.11 Å². The van der Waals surface area contributed by atoms with E-state index >= 15 is 0 Å². The van der Waals surface area contributed by atoms with Gasteiger partial charge in [-0.3, -0.25) is 4.79 Å². The number of anilines is 1. The maximum Gasteiger partial charge on any atom is 0.190 e. The Hall–Kier alpha value is -1.51. The molecular weight excluding hydrogens is 202 g/mol. The van der Waals surface area contributed by atoms with Crippen LogP contribution in [0.1, 0.15) is 30.1 Å². The molecule has 1 aliphatic heterocycles. The zero-order valence-corrected chi connectivity index (χ0v) is 9.62. The van der Waals surface area contributed by atoms with Crippen molar-refractivity contribution in [1.82, 2.24) is 0 Å².